The van der Waals surface area contributed by atoms with Crippen molar-refractivity contribution in [3.63, 3.8) is 0 Å². The van der Waals surface area contributed by atoms with Gasteiger partial charge in [-0.25, -0.2) is 4.98 Å². The predicted molar refractivity (Wildman–Crippen MR) is 64.2 cm³/mol. The smallest absolute Gasteiger partial charge is 0.0813 e. The fraction of sp³-hybridized carbons (Fsp3) is 0.364. The van der Waals surface area contributed by atoms with E-state index in [9.17, 15) is 0 Å². The average molecular weight is 219 g/mol. The van der Waals surface area contributed by atoms with Crippen molar-refractivity contribution in [1.29, 1.82) is 0 Å². The first-order chi connectivity index (χ1) is 7.31. The number of nitrogens with zero attached hydrogens (tertiary/aromatic N) is 1. The summed E-state index contributed by atoms with van der Waals surface area (Å²) in [5, 5.41) is 3.49. The van der Waals surface area contributed by atoms with E-state index in [0.717, 1.165) is 18.4 Å². The number of benzene rings is 1. The number of aromatic nitrogens is 1. The van der Waals surface area contributed by atoms with Gasteiger partial charge >= 0.3 is 0 Å². The number of hydrogen-bond donors (Lipinski definition) is 2. The minimum Gasteiger partial charge on any atom is -0.382 e. The van der Waals surface area contributed by atoms with Gasteiger partial charge in [0.1, 0.15) is 0 Å². The molecular weight excluding hydrogens is 206 g/mol. The lowest BCUT2D eigenvalue weighted by Gasteiger charge is -2.33. The fourth-order valence-electron chi connectivity index (χ4n) is 1.96. The van der Waals surface area contributed by atoms with Crippen molar-refractivity contribution in [1.82, 2.24) is 4.98 Å². The van der Waals surface area contributed by atoms with Crippen LogP contribution in [0.1, 0.15) is 12.8 Å². The molecule has 3 nitrogen and oxygen atoms in total. The molecule has 1 fully saturated rings. The normalized spacial score (nSPS) is 25.1. The number of nitrogens with two attached hydrogens (primary N) is 1. The van der Waals surface area contributed by atoms with Gasteiger partial charge in [-0.2, -0.15) is 0 Å². The minimum atomic E-state index is 0.398. The standard InChI is InChI=1S/C11H13N3S/c12-7-3-9(4-7)14-8-1-2-10-11(5-8)15-6-13-10/h1-2,5-7,9,14H,3-4,12H2. The Balaban J connectivity index is 1.79. The average Bonchev–Trinajstić information content (AvgIpc) is 2.62. The highest BCUT2D eigenvalue weighted by molar-refractivity contribution is 7.16. The Morgan fingerprint density at radius 1 is 1.40 bits per heavy atom. The summed E-state index contributed by atoms with van der Waals surface area (Å²) in [6.45, 7) is 0. The molecule has 0 aliphatic heterocycles. The molecule has 0 saturated heterocycles. The van der Waals surface area contributed by atoms with Crippen LogP contribution in [0.3, 0.4) is 0 Å². The van der Waals surface area contributed by atoms with Crippen LogP contribution in [0.5, 0.6) is 0 Å². The summed E-state index contributed by atoms with van der Waals surface area (Å²) in [6, 6.07) is 7.27. The first-order valence-corrected chi connectivity index (χ1v) is 6.04. The van der Waals surface area contributed by atoms with E-state index < -0.39 is 0 Å². The zero-order valence-electron chi connectivity index (χ0n) is 8.31. The summed E-state index contributed by atoms with van der Waals surface area (Å²) in [4.78, 5) is 4.26. The van der Waals surface area contributed by atoms with Crippen LogP contribution >= 0.6 is 11.3 Å². The number of thiazole rings is 1. The van der Waals surface area contributed by atoms with E-state index in [1.165, 1.54) is 10.4 Å². The van der Waals surface area contributed by atoms with Gasteiger partial charge in [-0.15, -0.1) is 11.3 Å². The fourth-order valence-corrected chi connectivity index (χ4v) is 2.68. The molecule has 1 aromatic heterocycles. The van der Waals surface area contributed by atoms with Crippen molar-refractivity contribution in [3.8, 4) is 0 Å². The molecule has 0 radical (unpaired) electrons. The maximum atomic E-state index is 5.75. The third-order valence-electron chi connectivity index (χ3n) is 2.88. The molecule has 1 heterocycles. The first kappa shape index (κ1) is 9.12. The molecule has 0 bridgehead atoms. The van der Waals surface area contributed by atoms with Crippen LogP contribution in [-0.2, 0) is 0 Å². The molecule has 0 atom stereocenters. The maximum absolute atomic E-state index is 5.75. The Hall–Kier alpha value is -1.13. The van der Waals surface area contributed by atoms with E-state index in [1.54, 1.807) is 11.3 Å². The first-order valence-electron chi connectivity index (χ1n) is 5.16. The van der Waals surface area contributed by atoms with Gasteiger partial charge in [0.15, 0.2) is 0 Å². The van der Waals surface area contributed by atoms with Crippen LogP contribution in [-0.4, -0.2) is 17.1 Å². The van der Waals surface area contributed by atoms with Gasteiger partial charge in [0.25, 0.3) is 0 Å². The highest BCUT2D eigenvalue weighted by Crippen LogP contribution is 2.26. The lowest BCUT2D eigenvalue weighted by Crippen LogP contribution is -2.44. The van der Waals surface area contributed by atoms with E-state index in [-0.39, 0.29) is 0 Å². The minimum absolute atomic E-state index is 0.398. The SMILES string of the molecule is NC1CC(Nc2ccc3ncsc3c2)C1. The van der Waals surface area contributed by atoms with Crippen LogP contribution in [0.2, 0.25) is 0 Å². The Bertz CT molecular complexity index is 473. The molecule has 0 spiro atoms. The summed E-state index contributed by atoms with van der Waals surface area (Å²) in [7, 11) is 0. The van der Waals surface area contributed by atoms with Gasteiger partial charge in [-0.05, 0) is 31.0 Å². The van der Waals surface area contributed by atoms with E-state index in [2.05, 4.69) is 28.5 Å². The molecule has 1 aliphatic rings. The molecule has 2 aromatic rings. The largest absolute Gasteiger partial charge is 0.382 e. The van der Waals surface area contributed by atoms with Crippen molar-refractivity contribution in [3.05, 3.63) is 23.7 Å². The number of anilines is 1. The number of rotatable bonds is 2. The summed E-state index contributed by atoms with van der Waals surface area (Å²) in [5.74, 6) is 0. The molecule has 15 heavy (non-hydrogen) atoms. The van der Waals surface area contributed by atoms with Crippen LogP contribution in [0, 0.1) is 0 Å². The maximum Gasteiger partial charge on any atom is 0.0813 e. The van der Waals surface area contributed by atoms with E-state index in [1.807, 2.05) is 5.51 Å². The summed E-state index contributed by atoms with van der Waals surface area (Å²) < 4.78 is 1.24. The Morgan fingerprint density at radius 2 is 2.27 bits per heavy atom. The van der Waals surface area contributed by atoms with E-state index in [4.69, 9.17) is 5.73 Å². The van der Waals surface area contributed by atoms with Gasteiger partial charge in [-0.3, -0.25) is 0 Å². The molecule has 0 unspecified atom stereocenters. The van der Waals surface area contributed by atoms with Crippen LogP contribution in [0.15, 0.2) is 23.7 Å². The molecule has 4 heteroatoms. The lowest BCUT2D eigenvalue weighted by atomic mass is 9.87. The van der Waals surface area contributed by atoms with Gasteiger partial charge in [0, 0.05) is 17.8 Å². The van der Waals surface area contributed by atoms with Crippen molar-refractivity contribution in [2.24, 2.45) is 5.73 Å². The number of hydrogen-bond acceptors (Lipinski definition) is 4. The number of nitrogens with one attached hydrogen (secondary N) is 1. The lowest BCUT2D eigenvalue weighted by molar-refractivity contribution is 0.374. The van der Waals surface area contributed by atoms with Gasteiger partial charge in [0.2, 0.25) is 0 Å². The molecule has 78 valence electrons. The number of fused-ring (bicyclic) bond motifs is 1. The Morgan fingerprint density at radius 3 is 3.07 bits per heavy atom. The molecular formula is C11H13N3S. The van der Waals surface area contributed by atoms with Crippen LogP contribution in [0.4, 0.5) is 5.69 Å². The van der Waals surface area contributed by atoms with E-state index >= 15 is 0 Å². The molecule has 3 rings (SSSR count). The van der Waals surface area contributed by atoms with Gasteiger partial charge < -0.3 is 11.1 Å². The van der Waals surface area contributed by atoms with Crippen molar-refractivity contribution in [2.75, 3.05) is 5.32 Å². The Labute approximate surface area is 92.3 Å². The van der Waals surface area contributed by atoms with Gasteiger partial charge in [0.05, 0.1) is 15.7 Å². The molecule has 0 amide bonds. The van der Waals surface area contributed by atoms with Crippen molar-refractivity contribution < 1.29 is 0 Å². The van der Waals surface area contributed by atoms with Crippen LogP contribution in [0.25, 0.3) is 10.2 Å². The Kier molecular flexibility index (Phi) is 2.11. The third-order valence-corrected chi connectivity index (χ3v) is 3.67. The molecule has 1 aliphatic carbocycles. The van der Waals surface area contributed by atoms with Crippen molar-refractivity contribution in [2.45, 2.75) is 24.9 Å². The summed E-state index contributed by atoms with van der Waals surface area (Å²) >= 11 is 1.68. The zero-order chi connectivity index (χ0) is 10.3. The molecule has 1 saturated carbocycles. The third kappa shape index (κ3) is 1.70. The molecule has 1 aromatic carbocycles. The summed E-state index contributed by atoms with van der Waals surface area (Å²) in [5.41, 5.74) is 9.89. The predicted octanol–water partition coefficient (Wildman–Crippen LogP) is 2.20. The van der Waals surface area contributed by atoms with Crippen LogP contribution < -0.4 is 11.1 Å². The quantitative estimate of drug-likeness (QED) is 0.814. The van der Waals surface area contributed by atoms with E-state index in [0.29, 0.717) is 12.1 Å². The van der Waals surface area contributed by atoms with Crippen molar-refractivity contribution >= 4 is 27.2 Å². The second kappa shape index (κ2) is 3.47. The topological polar surface area (TPSA) is 50.9 Å². The highest BCUT2D eigenvalue weighted by Gasteiger charge is 2.25. The zero-order valence-corrected chi connectivity index (χ0v) is 9.13. The monoisotopic (exact) mass is 219 g/mol. The van der Waals surface area contributed by atoms with Gasteiger partial charge in [-0.1, -0.05) is 0 Å². The second-order valence-corrected chi connectivity index (χ2v) is 4.99. The second-order valence-electron chi connectivity index (χ2n) is 4.11. The highest BCUT2D eigenvalue weighted by atomic mass is 32.1. The molecule has 3 N–H and O–H groups in total. The summed E-state index contributed by atoms with van der Waals surface area (Å²) in [6.07, 6.45) is 2.17.